The van der Waals surface area contributed by atoms with E-state index in [4.69, 9.17) is 9.47 Å². The maximum Gasteiger partial charge on any atom is 0.164 e. The predicted octanol–water partition coefficient (Wildman–Crippen LogP) is 2.13. The van der Waals surface area contributed by atoms with Crippen molar-refractivity contribution in [3.63, 3.8) is 0 Å². The summed E-state index contributed by atoms with van der Waals surface area (Å²) in [6.45, 7) is 1.86. The molecule has 1 aromatic carbocycles. The van der Waals surface area contributed by atoms with E-state index in [9.17, 15) is 0 Å². The number of methoxy groups -OCH3 is 2. The zero-order valence-corrected chi connectivity index (χ0v) is 11.5. The number of amidine groups is 1. The maximum atomic E-state index is 5.56. The van der Waals surface area contributed by atoms with E-state index in [-0.39, 0.29) is 0 Å². The number of benzene rings is 1. The van der Waals surface area contributed by atoms with E-state index in [0.29, 0.717) is 5.92 Å². The van der Waals surface area contributed by atoms with Crippen LogP contribution in [0.1, 0.15) is 29.9 Å². The molecule has 1 aromatic rings. The Bertz CT molecular complexity index is 511. The molecule has 0 saturated heterocycles. The predicted molar refractivity (Wildman–Crippen MR) is 75.5 cm³/mol. The fourth-order valence-corrected chi connectivity index (χ4v) is 3.16. The summed E-state index contributed by atoms with van der Waals surface area (Å²) in [5.41, 5.74) is 2.63. The topological polar surface area (TPSA) is 42.9 Å². The Morgan fingerprint density at radius 2 is 2.16 bits per heavy atom. The van der Waals surface area contributed by atoms with Gasteiger partial charge in [-0.25, -0.2) is 0 Å². The van der Waals surface area contributed by atoms with Crippen molar-refractivity contribution in [2.45, 2.75) is 25.2 Å². The standard InChI is InChI=1S/C15H20N2O2/c1-18-13-7-6-10-11(14(13)19-2)4-3-5-12(10)15-16-8-9-17-15/h6-7,12H,3-5,8-9H2,1-2H3,(H,16,17)/t12-/m0/s1. The van der Waals surface area contributed by atoms with Crippen LogP contribution in [-0.4, -0.2) is 33.1 Å². The van der Waals surface area contributed by atoms with Gasteiger partial charge in [-0.1, -0.05) is 6.07 Å². The van der Waals surface area contributed by atoms with Gasteiger partial charge in [0.25, 0.3) is 0 Å². The first-order valence-electron chi connectivity index (χ1n) is 6.87. The third-order valence-electron chi connectivity index (χ3n) is 4.01. The van der Waals surface area contributed by atoms with E-state index >= 15 is 0 Å². The number of hydrogen-bond acceptors (Lipinski definition) is 4. The second kappa shape index (κ2) is 5.11. The van der Waals surface area contributed by atoms with E-state index in [1.807, 2.05) is 6.07 Å². The third-order valence-corrected chi connectivity index (χ3v) is 4.01. The lowest BCUT2D eigenvalue weighted by Crippen LogP contribution is -2.28. The highest BCUT2D eigenvalue weighted by molar-refractivity contribution is 5.91. The second-order valence-corrected chi connectivity index (χ2v) is 5.01. The molecule has 0 spiro atoms. The quantitative estimate of drug-likeness (QED) is 0.905. The van der Waals surface area contributed by atoms with Crippen molar-refractivity contribution in [2.24, 2.45) is 4.99 Å². The van der Waals surface area contributed by atoms with E-state index in [1.54, 1.807) is 14.2 Å². The number of fused-ring (bicyclic) bond motifs is 1. The fourth-order valence-electron chi connectivity index (χ4n) is 3.16. The molecule has 4 heteroatoms. The van der Waals surface area contributed by atoms with Crippen LogP contribution >= 0.6 is 0 Å². The summed E-state index contributed by atoms with van der Waals surface area (Å²) in [5, 5.41) is 3.41. The van der Waals surface area contributed by atoms with Crippen LogP contribution in [0.4, 0.5) is 0 Å². The molecule has 3 rings (SSSR count). The molecular weight excluding hydrogens is 240 g/mol. The van der Waals surface area contributed by atoms with Crippen molar-refractivity contribution in [2.75, 3.05) is 27.3 Å². The summed E-state index contributed by atoms with van der Waals surface area (Å²) in [6, 6.07) is 4.18. The molecule has 0 aromatic heterocycles. The number of hydrogen-bond donors (Lipinski definition) is 1. The van der Waals surface area contributed by atoms with Gasteiger partial charge in [0.2, 0.25) is 0 Å². The lowest BCUT2D eigenvalue weighted by Gasteiger charge is -2.27. The Kier molecular flexibility index (Phi) is 3.32. The van der Waals surface area contributed by atoms with Crippen molar-refractivity contribution in [1.82, 2.24) is 5.32 Å². The zero-order valence-electron chi connectivity index (χ0n) is 11.5. The van der Waals surface area contributed by atoms with Gasteiger partial charge in [0.1, 0.15) is 5.84 Å². The van der Waals surface area contributed by atoms with Gasteiger partial charge in [-0.2, -0.15) is 0 Å². The first-order chi connectivity index (χ1) is 9.35. The Labute approximate surface area is 113 Å². The van der Waals surface area contributed by atoms with Crippen LogP contribution in [0.15, 0.2) is 17.1 Å². The lowest BCUT2D eigenvalue weighted by atomic mass is 9.81. The van der Waals surface area contributed by atoms with Gasteiger partial charge in [0, 0.05) is 18.0 Å². The van der Waals surface area contributed by atoms with Crippen molar-refractivity contribution in [3.05, 3.63) is 23.3 Å². The SMILES string of the molecule is COc1ccc2c(c1OC)CCC[C@@H]2C1=NCCN1. The number of rotatable bonds is 3. The lowest BCUT2D eigenvalue weighted by molar-refractivity contribution is 0.349. The monoisotopic (exact) mass is 260 g/mol. The van der Waals surface area contributed by atoms with Gasteiger partial charge < -0.3 is 14.8 Å². The minimum absolute atomic E-state index is 0.394. The van der Waals surface area contributed by atoms with Crippen LogP contribution in [0, 0.1) is 0 Å². The summed E-state index contributed by atoms with van der Waals surface area (Å²) >= 11 is 0. The highest BCUT2D eigenvalue weighted by Crippen LogP contribution is 2.42. The molecule has 1 heterocycles. The van der Waals surface area contributed by atoms with Gasteiger partial charge in [0.05, 0.1) is 20.8 Å². The highest BCUT2D eigenvalue weighted by atomic mass is 16.5. The molecule has 1 N–H and O–H groups in total. The van der Waals surface area contributed by atoms with Crippen molar-refractivity contribution in [3.8, 4) is 11.5 Å². The molecule has 102 valence electrons. The van der Waals surface area contributed by atoms with Crippen LogP contribution in [0.2, 0.25) is 0 Å². The molecule has 0 unspecified atom stereocenters. The van der Waals surface area contributed by atoms with E-state index in [0.717, 1.165) is 43.3 Å². The molecule has 0 radical (unpaired) electrons. The Hall–Kier alpha value is -1.71. The molecular formula is C15H20N2O2. The Morgan fingerprint density at radius 3 is 2.84 bits per heavy atom. The molecule has 0 bridgehead atoms. The number of ether oxygens (including phenoxy) is 2. The van der Waals surface area contributed by atoms with Gasteiger partial charge in [0.15, 0.2) is 11.5 Å². The van der Waals surface area contributed by atoms with Crippen LogP contribution in [0.25, 0.3) is 0 Å². The van der Waals surface area contributed by atoms with Gasteiger partial charge in [-0.3, -0.25) is 4.99 Å². The van der Waals surface area contributed by atoms with Gasteiger partial charge >= 0.3 is 0 Å². The van der Waals surface area contributed by atoms with E-state index in [1.165, 1.54) is 17.5 Å². The van der Waals surface area contributed by atoms with Gasteiger partial charge in [-0.15, -0.1) is 0 Å². The average molecular weight is 260 g/mol. The number of nitrogens with one attached hydrogen (secondary N) is 1. The Balaban J connectivity index is 2.05. The molecule has 0 saturated carbocycles. The molecule has 1 aliphatic carbocycles. The minimum Gasteiger partial charge on any atom is -0.493 e. The molecule has 1 atom stereocenters. The maximum absolute atomic E-state index is 5.56. The number of nitrogens with zero attached hydrogens (tertiary/aromatic N) is 1. The van der Waals surface area contributed by atoms with Crippen LogP contribution < -0.4 is 14.8 Å². The molecule has 2 aliphatic rings. The van der Waals surface area contributed by atoms with Crippen LogP contribution in [0.5, 0.6) is 11.5 Å². The zero-order chi connectivity index (χ0) is 13.2. The van der Waals surface area contributed by atoms with E-state index < -0.39 is 0 Å². The molecule has 0 amide bonds. The minimum atomic E-state index is 0.394. The Morgan fingerprint density at radius 1 is 1.26 bits per heavy atom. The summed E-state index contributed by atoms with van der Waals surface area (Å²) in [5.74, 6) is 3.26. The molecule has 1 aliphatic heterocycles. The largest absolute Gasteiger partial charge is 0.493 e. The summed E-state index contributed by atoms with van der Waals surface area (Å²) in [6.07, 6.45) is 3.38. The number of aliphatic imine (C=N–C) groups is 1. The molecule has 4 nitrogen and oxygen atoms in total. The second-order valence-electron chi connectivity index (χ2n) is 5.01. The van der Waals surface area contributed by atoms with Crippen molar-refractivity contribution in [1.29, 1.82) is 0 Å². The summed E-state index contributed by atoms with van der Waals surface area (Å²) in [4.78, 5) is 4.59. The van der Waals surface area contributed by atoms with Crippen molar-refractivity contribution < 1.29 is 9.47 Å². The first kappa shape index (κ1) is 12.3. The first-order valence-corrected chi connectivity index (χ1v) is 6.87. The fraction of sp³-hybridized carbons (Fsp3) is 0.533. The van der Waals surface area contributed by atoms with Crippen LogP contribution in [0.3, 0.4) is 0 Å². The molecule has 0 fully saturated rings. The van der Waals surface area contributed by atoms with Gasteiger partial charge in [-0.05, 0) is 30.9 Å². The smallest absolute Gasteiger partial charge is 0.164 e. The third kappa shape index (κ3) is 2.05. The normalized spacial score (nSPS) is 21.4. The molecule has 19 heavy (non-hydrogen) atoms. The highest BCUT2D eigenvalue weighted by Gasteiger charge is 2.29. The van der Waals surface area contributed by atoms with Crippen molar-refractivity contribution >= 4 is 5.84 Å². The van der Waals surface area contributed by atoms with Crippen LogP contribution in [-0.2, 0) is 6.42 Å². The summed E-state index contributed by atoms with van der Waals surface area (Å²) < 4.78 is 11.0. The van der Waals surface area contributed by atoms with E-state index in [2.05, 4.69) is 16.4 Å². The average Bonchev–Trinajstić information content (AvgIpc) is 2.99. The summed E-state index contributed by atoms with van der Waals surface area (Å²) in [7, 11) is 3.40.